The Morgan fingerprint density at radius 2 is 2.00 bits per heavy atom. The van der Waals surface area contributed by atoms with Crippen molar-refractivity contribution in [3.8, 4) is 0 Å². The molecular formula is C17H21NO3. The second-order valence-corrected chi connectivity index (χ2v) is 5.21. The maximum absolute atomic E-state index is 12.0. The second-order valence-electron chi connectivity index (χ2n) is 5.21. The third-order valence-electron chi connectivity index (χ3n) is 3.73. The molecule has 0 saturated heterocycles. The average molecular weight is 287 g/mol. The third-order valence-corrected chi connectivity index (χ3v) is 3.73. The Morgan fingerprint density at radius 3 is 2.62 bits per heavy atom. The molecule has 0 aromatic heterocycles. The fraction of sp³-hybridized carbons (Fsp3) is 0.412. The van der Waals surface area contributed by atoms with Crippen molar-refractivity contribution in [3.63, 3.8) is 0 Å². The molecule has 1 N–H and O–H groups in total. The number of hydrogen-bond acceptors (Lipinski definition) is 3. The lowest BCUT2D eigenvalue weighted by atomic mass is 9.93. The second kappa shape index (κ2) is 7.62. The number of methoxy groups -OCH3 is 1. The van der Waals surface area contributed by atoms with Crippen LogP contribution in [0.5, 0.6) is 0 Å². The van der Waals surface area contributed by atoms with Crippen molar-refractivity contribution < 1.29 is 14.3 Å². The van der Waals surface area contributed by atoms with E-state index in [2.05, 4.69) is 22.2 Å². The molecule has 0 unspecified atom stereocenters. The zero-order valence-electron chi connectivity index (χ0n) is 12.3. The van der Waals surface area contributed by atoms with E-state index in [-0.39, 0.29) is 17.8 Å². The van der Waals surface area contributed by atoms with Gasteiger partial charge in [0.1, 0.15) is 0 Å². The van der Waals surface area contributed by atoms with Gasteiger partial charge < -0.3 is 10.1 Å². The fourth-order valence-electron chi connectivity index (χ4n) is 2.43. The average Bonchev–Trinajstić information content (AvgIpc) is 2.55. The van der Waals surface area contributed by atoms with E-state index in [1.54, 1.807) is 12.1 Å². The van der Waals surface area contributed by atoms with Crippen LogP contribution in [-0.4, -0.2) is 25.5 Å². The zero-order valence-corrected chi connectivity index (χ0v) is 12.3. The highest BCUT2D eigenvalue weighted by atomic mass is 16.5. The molecule has 112 valence electrons. The lowest BCUT2D eigenvalue weighted by molar-refractivity contribution is -0.125. The van der Waals surface area contributed by atoms with Crippen molar-refractivity contribution in [2.45, 2.75) is 25.7 Å². The number of hydrogen-bond donors (Lipinski definition) is 1. The van der Waals surface area contributed by atoms with Crippen LogP contribution in [-0.2, 0) is 16.0 Å². The number of amides is 1. The topological polar surface area (TPSA) is 55.4 Å². The van der Waals surface area contributed by atoms with Crippen LogP contribution >= 0.6 is 0 Å². The smallest absolute Gasteiger partial charge is 0.337 e. The summed E-state index contributed by atoms with van der Waals surface area (Å²) in [5, 5.41) is 2.98. The number of nitrogens with one attached hydrogen (secondary N) is 1. The molecule has 1 amide bonds. The van der Waals surface area contributed by atoms with Gasteiger partial charge in [0.05, 0.1) is 12.7 Å². The number of ether oxygens (including phenoxy) is 1. The van der Waals surface area contributed by atoms with Gasteiger partial charge in [-0.3, -0.25) is 4.79 Å². The van der Waals surface area contributed by atoms with E-state index >= 15 is 0 Å². The molecule has 0 aliphatic heterocycles. The van der Waals surface area contributed by atoms with E-state index in [1.165, 1.54) is 7.11 Å². The van der Waals surface area contributed by atoms with Gasteiger partial charge in [0.25, 0.3) is 0 Å². The van der Waals surface area contributed by atoms with Gasteiger partial charge in [-0.05, 0) is 43.4 Å². The molecule has 21 heavy (non-hydrogen) atoms. The minimum absolute atomic E-state index is 0.122. The highest BCUT2D eigenvalue weighted by Gasteiger charge is 2.17. The van der Waals surface area contributed by atoms with E-state index in [9.17, 15) is 9.59 Å². The molecule has 4 nitrogen and oxygen atoms in total. The van der Waals surface area contributed by atoms with Gasteiger partial charge in [0.2, 0.25) is 5.91 Å². The molecule has 1 aromatic rings. The minimum atomic E-state index is -0.333. The van der Waals surface area contributed by atoms with E-state index < -0.39 is 0 Å². The SMILES string of the molecule is COC(=O)c1ccc(CCNC(=O)[C@@H]2CC=CCC2)cc1. The summed E-state index contributed by atoms with van der Waals surface area (Å²) in [4.78, 5) is 23.3. The van der Waals surface area contributed by atoms with Crippen molar-refractivity contribution in [1.82, 2.24) is 5.32 Å². The lowest BCUT2D eigenvalue weighted by Crippen LogP contribution is -2.32. The van der Waals surface area contributed by atoms with Crippen molar-refractivity contribution in [3.05, 3.63) is 47.5 Å². The number of benzene rings is 1. The summed E-state index contributed by atoms with van der Waals surface area (Å²) < 4.78 is 4.65. The van der Waals surface area contributed by atoms with Crippen LogP contribution in [0.3, 0.4) is 0 Å². The summed E-state index contributed by atoms with van der Waals surface area (Å²) >= 11 is 0. The van der Waals surface area contributed by atoms with Crippen LogP contribution in [0.2, 0.25) is 0 Å². The lowest BCUT2D eigenvalue weighted by Gasteiger charge is -2.17. The Bertz CT molecular complexity index is 519. The molecule has 0 spiro atoms. The predicted molar refractivity (Wildman–Crippen MR) is 81.0 cm³/mol. The minimum Gasteiger partial charge on any atom is -0.465 e. The maximum atomic E-state index is 12.0. The highest BCUT2D eigenvalue weighted by Crippen LogP contribution is 2.17. The predicted octanol–water partition coefficient (Wildman–Crippen LogP) is 2.49. The fourth-order valence-corrected chi connectivity index (χ4v) is 2.43. The van der Waals surface area contributed by atoms with Crippen LogP contribution in [0.15, 0.2) is 36.4 Å². The van der Waals surface area contributed by atoms with Gasteiger partial charge in [0, 0.05) is 12.5 Å². The largest absolute Gasteiger partial charge is 0.465 e. The van der Waals surface area contributed by atoms with Gasteiger partial charge in [-0.15, -0.1) is 0 Å². The molecule has 2 rings (SSSR count). The van der Waals surface area contributed by atoms with Crippen molar-refractivity contribution in [2.75, 3.05) is 13.7 Å². The highest BCUT2D eigenvalue weighted by molar-refractivity contribution is 5.89. The molecule has 0 radical (unpaired) electrons. The molecule has 0 heterocycles. The first-order valence-electron chi connectivity index (χ1n) is 7.30. The Kier molecular flexibility index (Phi) is 5.55. The first kappa shape index (κ1) is 15.3. The Labute approximate surface area is 125 Å². The summed E-state index contributed by atoms with van der Waals surface area (Å²) in [5.41, 5.74) is 1.63. The number of carbonyl (C=O) groups is 2. The van der Waals surface area contributed by atoms with E-state index in [4.69, 9.17) is 0 Å². The van der Waals surface area contributed by atoms with Crippen LogP contribution in [0.4, 0.5) is 0 Å². The normalized spacial score (nSPS) is 17.3. The summed E-state index contributed by atoms with van der Waals surface area (Å²) in [6.45, 7) is 0.622. The standard InChI is InChI=1S/C17H21NO3/c1-21-17(20)15-9-7-13(8-10-15)11-12-18-16(19)14-5-3-2-4-6-14/h2-3,7-10,14H,4-6,11-12H2,1H3,(H,18,19)/t14-/m1/s1. The summed E-state index contributed by atoms with van der Waals surface area (Å²) in [5.74, 6) is -0.0672. The molecule has 1 aliphatic rings. The van der Waals surface area contributed by atoms with Crippen LogP contribution in [0.1, 0.15) is 35.2 Å². The number of rotatable bonds is 5. The Balaban J connectivity index is 1.76. The van der Waals surface area contributed by atoms with Crippen molar-refractivity contribution in [2.24, 2.45) is 5.92 Å². The Morgan fingerprint density at radius 1 is 1.24 bits per heavy atom. The van der Waals surface area contributed by atoms with Gasteiger partial charge in [-0.2, -0.15) is 0 Å². The first-order chi connectivity index (χ1) is 10.2. The molecular weight excluding hydrogens is 266 g/mol. The van der Waals surface area contributed by atoms with Gasteiger partial charge in [0.15, 0.2) is 0 Å². The molecule has 0 fully saturated rings. The van der Waals surface area contributed by atoms with Gasteiger partial charge in [-0.1, -0.05) is 24.3 Å². The molecule has 1 atom stereocenters. The first-order valence-corrected chi connectivity index (χ1v) is 7.30. The molecule has 1 aromatic carbocycles. The summed E-state index contributed by atoms with van der Waals surface area (Å²) in [7, 11) is 1.37. The summed E-state index contributed by atoms with van der Waals surface area (Å²) in [6, 6.07) is 7.27. The van der Waals surface area contributed by atoms with E-state index in [1.807, 2.05) is 12.1 Å². The summed E-state index contributed by atoms with van der Waals surface area (Å²) in [6.07, 6.45) is 7.75. The Hall–Kier alpha value is -2.10. The van der Waals surface area contributed by atoms with Crippen LogP contribution < -0.4 is 5.32 Å². The third kappa shape index (κ3) is 4.45. The monoisotopic (exact) mass is 287 g/mol. The number of allylic oxidation sites excluding steroid dienone is 2. The van der Waals surface area contributed by atoms with Crippen molar-refractivity contribution in [1.29, 1.82) is 0 Å². The van der Waals surface area contributed by atoms with Gasteiger partial charge >= 0.3 is 5.97 Å². The van der Waals surface area contributed by atoms with Crippen LogP contribution in [0, 0.1) is 5.92 Å². The molecule has 0 saturated carbocycles. The van der Waals surface area contributed by atoms with E-state index in [0.29, 0.717) is 12.1 Å². The molecule has 0 bridgehead atoms. The maximum Gasteiger partial charge on any atom is 0.337 e. The van der Waals surface area contributed by atoms with Gasteiger partial charge in [-0.25, -0.2) is 4.79 Å². The quantitative estimate of drug-likeness (QED) is 0.668. The number of esters is 1. The zero-order chi connectivity index (χ0) is 15.1. The number of carbonyl (C=O) groups excluding carboxylic acids is 2. The van der Waals surface area contributed by atoms with Crippen LogP contribution in [0.25, 0.3) is 0 Å². The van der Waals surface area contributed by atoms with Crippen molar-refractivity contribution >= 4 is 11.9 Å². The molecule has 4 heteroatoms. The molecule has 1 aliphatic carbocycles. The van der Waals surface area contributed by atoms with E-state index in [0.717, 1.165) is 31.2 Å².